The van der Waals surface area contributed by atoms with Crippen molar-refractivity contribution in [1.29, 1.82) is 0 Å². The molecule has 0 radical (unpaired) electrons. The van der Waals surface area contributed by atoms with Gasteiger partial charge in [-0.2, -0.15) is 13.2 Å². The Hall–Kier alpha value is -0.290. The molecule has 0 bridgehead atoms. The van der Waals surface area contributed by atoms with Crippen LogP contribution in [0.4, 0.5) is 13.2 Å². The lowest BCUT2D eigenvalue weighted by molar-refractivity contribution is -0.160. The first-order valence-electron chi connectivity index (χ1n) is 6.92. The molecule has 2 rings (SSSR count). The number of halogens is 3. The van der Waals surface area contributed by atoms with Crippen LogP contribution in [0, 0.1) is 5.92 Å². The van der Waals surface area contributed by atoms with Crippen molar-refractivity contribution in [1.82, 2.24) is 10.2 Å². The largest absolute Gasteiger partial charge is 0.401 e. The maximum Gasteiger partial charge on any atom is 0.401 e. The summed E-state index contributed by atoms with van der Waals surface area (Å²) in [5, 5.41) is 3.35. The zero-order valence-corrected chi connectivity index (χ0v) is 11.1. The lowest BCUT2D eigenvalue weighted by atomic mass is 9.78. The summed E-state index contributed by atoms with van der Waals surface area (Å²) in [6, 6.07) is 0.743. The van der Waals surface area contributed by atoms with Crippen molar-refractivity contribution in [3.05, 3.63) is 0 Å². The molecule has 5 heteroatoms. The Kier molecular flexibility index (Phi) is 4.22. The van der Waals surface area contributed by atoms with Crippen LogP contribution in [0.2, 0.25) is 0 Å². The van der Waals surface area contributed by atoms with E-state index in [-0.39, 0.29) is 12.1 Å². The first kappa shape index (κ1) is 14.1. The predicted molar refractivity (Wildman–Crippen MR) is 65.4 cm³/mol. The molecule has 2 saturated carbocycles. The fourth-order valence-electron chi connectivity index (χ4n) is 2.74. The molecule has 0 aromatic heterocycles. The van der Waals surface area contributed by atoms with Gasteiger partial charge in [-0.05, 0) is 38.1 Å². The van der Waals surface area contributed by atoms with Gasteiger partial charge in [0.1, 0.15) is 0 Å². The fraction of sp³-hybridized carbons (Fsp3) is 1.00. The van der Waals surface area contributed by atoms with E-state index in [0.717, 1.165) is 32.2 Å². The molecule has 1 N–H and O–H groups in total. The summed E-state index contributed by atoms with van der Waals surface area (Å²) in [4.78, 5) is 1.72. The molecule has 2 fully saturated rings. The molecular weight excluding hydrogens is 241 g/mol. The van der Waals surface area contributed by atoms with E-state index in [4.69, 9.17) is 0 Å². The Morgan fingerprint density at radius 3 is 2.22 bits per heavy atom. The highest BCUT2D eigenvalue weighted by Crippen LogP contribution is 2.40. The van der Waals surface area contributed by atoms with Gasteiger partial charge in [-0.15, -0.1) is 0 Å². The average molecular weight is 264 g/mol. The zero-order valence-electron chi connectivity index (χ0n) is 11.1. The first-order valence-corrected chi connectivity index (χ1v) is 6.92. The van der Waals surface area contributed by atoms with Gasteiger partial charge < -0.3 is 5.32 Å². The molecule has 2 unspecified atom stereocenters. The second-order valence-electron chi connectivity index (χ2n) is 5.99. The molecule has 0 spiro atoms. The van der Waals surface area contributed by atoms with Crippen LogP contribution >= 0.6 is 0 Å². The van der Waals surface area contributed by atoms with Gasteiger partial charge in [-0.3, -0.25) is 4.90 Å². The van der Waals surface area contributed by atoms with Gasteiger partial charge in [0.2, 0.25) is 0 Å². The summed E-state index contributed by atoms with van der Waals surface area (Å²) in [5.74, 6) is 0.398. The van der Waals surface area contributed by atoms with Gasteiger partial charge in [-0.25, -0.2) is 0 Å². The van der Waals surface area contributed by atoms with E-state index in [1.54, 1.807) is 4.90 Å². The minimum absolute atomic E-state index is 0.144. The third-order valence-corrected chi connectivity index (χ3v) is 3.97. The molecular formula is C13H23F3N2. The van der Waals surface area contributed by atoms with Gasteiger partial charge in [0, 0.05) is 18.1 Å². The zero-order chi connectivity index (χ0) is 13.3. The molecule has 0 saturated heterocycles. The van der Waals surface area contributed by atoms with E-state index in [1.165, 1.54) is 0 Å². The van der Waals surface area contributed by atoms with Gasteiger partial charge in [0.25, 0.3) is 0 Å². The van der Waals surface area contributed by atoms with Crippen molar-refractivity contribution < 1.29 is 13.2 Å². The van der Waals surface area contributed by atoms with Crippen LogP contribution in [-0.4, -0.2) is 42.3 Å². The number of hydrogen-bond acceptors (Lipinski definition) is 2. The molecule has 0 heterocycles. The Labute approximate surface area is 107 Å². The molecule has 2 atom stereocenters. The predicted octanol–water partition coefficient (Wildman–Crippen LogP) is 2.79. The second kappa shape index (κ2) is 5.37. The summed E-state index contributed by atoms with van der Waals surface area (Å²) >= 11 is 0. The average Bonchev–Trinajstić information content (AvgIpc) is 2.95. The highest BCUT2D eigenvalue weighted by atomic mass is 19.4. The molecule has 106 valence electrons. The molecule has 2 aliphatic rings. The molecule has 0 aromatic rings. The first-order chi connectivity index (χ1) is 8.37. The van der Waals surface area contributed by atoms with E-state index >= 15 is 0 Å². The molecule has 18 heavy (non-hydrogen) atoms. The van der Waals surface area contributed by atoms with Crippen molar-refractivity contribution in [2.75, 3.05) is 13.1 Å². The third-order valence-electron chi connectivity index (χ3n) is 3.97. The van der Waals surface area contributed by atoms with Crippen molar-refractivity contribution in [3.63, 3.8) is 0 Å². The van der Waals surface area contributed by atoms with Crippen LogP contribution in [0.1, 0.15) is 39.5 Å². The Morgan fingerprint density at radius 1 is 1.17 bits per heavy atom. The monoisotopic (exact) mass is 264 g/mol. The van der Waals surface area contributed by atoms with E-state index < -0.39 is 12.7 Å². The standard InChI is InChI=1S/C13H23F3N2/c1-9(2)17-7-10-3-6-12(10)18(11-4-5-11)8-13(14,15)16/h9-12,17H,3-8H2,1-2H3. The highest BCUT2D eigenvalue weighted by Gasteiger charge is 2.46. The van der Waals surface area contributed by atoms with Crippen molar-refractivity contribution in [3.8, 4) is 0 Å². The van der Waals surface area contributed by atoms with Crippen molar-refractivity contribution in [2.24, 2.45) is 5.92 Å². The molecule has 2 nitrogen and oxygen atoms in total. The molecule has 0 aliphatic heterocycles. The Morgan fingerprint density at radius 2 is 1.83 bits per heavy atom. The van der Waals surface area contributed by atoms with Crippen LogP contribution in [0.5, 0.6) is 0 Å². The van der Waals surface area contributed by atoms with E-state index in [0.29, 0.717) is 12.0 Å². The maximum atomic E-state index is 12.6. The second-order valence-corrected chi connectivity index (χ2v) is 5.99. The fourth-order valence-corrected chi connectivity index (χ4v) is 2.74. The van der Waals surface area contributed by atoms with E-state index in [1.807, 2.05) is 0 Å². The normalized spacial score (nSPS) is 28.8. The maximum absolute atomic E-state index is 12.6. The minimum atomic E-state index is -4.06. The topological polar surface area (TPSA) is 15.3 Å². The highest BCUT2D eigenvalue weighted by molar-refractivity contribution is 4.97. The number of alkyl halides is 3. The summed E-state index contributed by atoms with van der Waals surface area (Å²) in [6.07, 6.45) is -0.190. The minimum Gasteiger partial charge on any atom is -0.314 e. The quantitative estimate of drug-likeness (QED) is 0.793. The summed E-state index contributed by atoms with van der Waals surface area (Å²) in [7, 11) is 0. The SMILES string of the molecule is CC(C)NCC1CCC1N(CC(F)(F)F)C1CC1. The molecule has 0 amide bonds. The summed E-state index contributed by atoms with van der Waals surface area (Å²) in [5.41, 5.74) is 0. The number of hydrogen-bond donors (Lipinski definition) is 1. The van der Waals surface area contributed by atoms with Gasteiger partial charge in [0.15, 0.2) is 0 Å². The van der Waals surface area contributed by atoms with Gasteiger partial charge >= 0.3 is 6.18 Å². The Balaban J connectivity index is 1.86. The van der Waals surface area contributed by atoms with Gasteiger partial charge in [-0.1, -0.05) is 13.8 Å². The van der Waals surface area contributed by atoms with Crippen LogP contribution in [-0.2, 0) is 0 Å². The van der Waals surface area contributed by atoms with Crippen LogP contribution in [0.25, 0.3) is 0 Å². The lowest BCUT2D eigenvalue weighted by Gasteiger charge is -2.45. The number of rotatable bonds is 6. The summed E-state index contributed by atoms with van der Waals surface area (Å²) in [6.45, 7) is 4.27. The van der Waals surface area contributed by atoms with Crippen LogP contribution in [0.3, 0.4) is 0 Å². The third kappa shape index (κ3) is 3.85. The number of nitrogens with one attached hydrogen (secondary N) is 1. The Bertz CT molecular complexity index is 274. The molecule has 0 aromatic carbocycles. The van der Waals surface area contributed by atoms with Crippen molar-refractivity contribution >= 4 is 0 Å². The molecule has 2 aliphatic carbocycles. The van der Waals surface area contributed by atoms with E-state index in [9.17, 15) is 13.2 Å². The van der Waals surface area contributed by atoms with Crippen molar-refractivity contribution in [2.45, 2.75) is 63.8 Å². The number of nitrogens with zero attached hydrogens (tertiary/aromatic N) is 1. The van der Waals surface area contributed by atoms with Crippen LogP contribution < -0.4 is 5.32 Å². The van der Waals surface area contributed by atoms with Gasteiger partial charge in [0.05, 0.1) is 6.54 Å². The van der Waals surface area contributed by atoms with E-state index in [2.05, 4.69) is 19.2 Å². The van der Waals surface area contributed by atoms with Crippen LogP contribution in [0.15, 0.2) is 0 Å². The summed E-state index contributed by atoms with van der Waals surface area (Å²) < 4.78 is 37.8. The smallest absolute Gasteiger partial charge is 0.314 e. The lowest BCUT2D eigenvalue weighted by Crippen LogP contribution is -2.54.